The highest BCUT2D eigenvalue weighted by atomic mass is 35.5. The van der Waals surface area contributed by atoms with Gasteiger partial charge in [-0.2, -0.15) is 0 Å². The lowest BCUT2D eigenvalue weighted by Gasteiger charge is -2.19. The first-order chi connectivity index (χ1) is 21.5. The molecule has 250 valence electrons. The van der Waals surface area contributed by atoms with Crippen molar-refractivity contribution in [2.24, 2.45) is 0 Å². The number of pyridine rings is 3. The second-order valence-corrected chi connectivity index (χ2v) is 10.8. The monoisotopic (exact) mass is 659 g/mol. The van der Waals surface area contributed by atoms with Gasteiger partial charge >= 0.3 is 24.0 Å². The molecule has 0 aliphatic carbocycles. The van der Waals surface area contributed by atoms with Crippen LogP contribution in [0, 0.1) is 20.8 Å². The van der Waals surface area contributed by atoms with Crippen molar-refractivity contribution in [3.05, 3.63) is 75.3 Å². The number of nitrogens with zero attached hydrogens (tertiary/aromatic N) is 3. The topological polar surface area (TPSA) is 182 Å². The van der Waals surface area contributed by atoms with Crippen molar-refractivity contribution in [3.8, 4) is 0 Å². The van der Waals surface area contributed by atoms with Gasteiger partial charge in [0.1, 0.15) is 22.4 Å². The number of halogens is 1. The van der Waals surface area contributed by atoms with Gasteiger partial charge in [0, 0.05) is 17.1 Å². The van der Waals surface area contributed by atoms with Crippen LogP contribution in [-0.2, 0) is 18.9 Å². The van der Waals surface area contributed by atoms with Crippen LogP contribution in [0.1, 0.15) is 89.7 Å². The molecule has 3 N–H and O–H groups in total. The third kappa shape index (κ3) is 15.3. The van der Waals surface area contributed by atoms with E-state index in [2.05, 4.69) is 20.3 Å². The summed E-state index contributed by atoms with van der Waals surface area (Å²) in [5.74, 6) is -0.592. The maximum Gasteiger partial charge on any atom is 0.413 e. The van der Waals surface area contributed by atoms with Crippen LogP contribution in [0.15, 0.2) is 36.4 Å². The number of aromatic nitrogens is 3. The summed E-state index contributed by atoms with van der Waals surface area (Å²) in [5, 5.41) is 2.81. The Morgan fingerprint density at radius 1 is 0.696 bits per heavy atom. The summed E-state index contributed by atoms with van der Waals surface area (Å²) >= 11 is 5.68. The van der Waals surface area contributed by atoms with E-state index in [1.54, 1.807) is 80.5 Å². The Bertz CT molecular complexity index is 1400. The summed E-state index contributed by atoms with van der Waals surface area (Å²) in [6, 6.07) is 9.34. The average Bonchev–Trinajstić information content (AvgIpc) is 2.92. The minimum absolute atomic E-state index is 0.252. The molecule has 0 aliphatic rings. The van der Waals surface area contributed by atoms with Gasteiger partial charge in [-0.3, -0.25) is 5.32 Å². The molecule has 14 heteroatoms. The Kier molecular flexibility index (Phi) is 16.1. The molecular weight excluding hydrogens is 618 g/mol. The lowest BCUT2D eigenvalue weighted by Crippen LogP contribution is -2.27. The van der Waals surface area contributed by atoms with E-state index < -0.39 is 17.7 Å². The second kappa shape index (κ2) is 18.9. The lowest BCUT2D eigenvalue weighted by molar-refractivity contribution is 0.0516. The number of hydrogen-bond donors (Lipinski definition) is 2. The van der Waals surface area contributed by atoms with Crippen molar-refractivity contribution in [1.82, 2.24) is 15.0 Å². The average molecular weight is 660 g/mol. The summed E-state index contributed by atoms with van der Waals surface area (Å²) in [5.41, 5.74) is 8.12. The molecule has 0 aliphatic heterocycles. The summed E-state index contributed by atoms with van der Waals surface area (Å²) in [7, 11) is 0. The van der Waals surface area contributed by atoms with E-state index >= 15 is 0 Å². The highest BCUT2D eigenvalue weighted by Gasteiger charge is 2.18. The molecule has 0 aromatic carbocycles. The Hall–Kier alpha value is -4.78. The van der Waals surface area contributed by atoms with Crippen molar-refractivity contribution in [2.75, 3.05) is 30.9 Å². The fraction of sp³-hybridized carbons (Fsp3) is 0.406. The highest BCUT2D eigenvalue weighted by Crippen LogP contribution is 2.14. The number of rotatable bonds is 7. The molecule has 3 aromatic heterocycles. The smallest absolute Gasteiger partial charge is 0.413 e. The van der Waals surface area contributed by atoms with Crippen LogP contribution in [0.25, 0.3) is 0 Å². The number of nitrogens with two attached hydrogens (primary N) is 1. The summed E-state index contributed by atoms with van der Waals surface area (Å²) in [6.07, 6.45) is -0.620. The number of ether oxygens (including phenoxy) is 4. The van der Waals surface area contributed by atoms with Gasteiger partial charge in [-0.1, -0.05) is 11.6 Å². The van der Waals surface area contributed by atoms with E-state index in [0.717, 1.165) is 0 Å². The molecule has 3 rings (SSSR count). The zero-order chi connectivity index (χ0) is 35.0. The molecule has 46 heavy (non-hydrogen) atoms. The Labute approximate surface area is 274 Å². The molecule has 0 saturated carbocycles. The predicted octanol–water partition coefficient (Wildman–Crippen LogP) is 6.28. The molecule has 0 atom stereocenters. The molecule has 0 saturated heterocycles. The van der Waals surface area contributed by atoms with Crippen LogP contribution in [-0.4, -0.2) is 64.4 Å². The first-order valence-corrected chi connectivity index (χ1v) is 14.7. The molecule has 3 aromatic rings. The Morgan fingerprint density at radius 3 is 1.52 bits per heavy atom. The van der Waals surface area contributed by atoms with Crippen LogP contribution < -0.4 is 11.1 Å². The zero-order valence-electron chi connectivity index (χ0n) is 27.6. The van der Waals surface area contributed by atoms with Gasteiger partial charge in [-0.15, -0.1) is 0 Å². The molecule has 3 heterocycles. The summed E-state index contributed by atoms with van der Waals surface area (Å²) in [4.78, 5) is 57.8. The maximum atomic E-state index is 11.7. The van der Waals surface area contributed by atoms with Crippen LogP contribution in [0.3, 0.4) is 0 Å². The number of nitrogen functional groups attached to an aromatic ring is 1. The number of aryl methyl sites for hydroxylation is 3. The first-order valence-electron chi connectivity index (χ1n) is 14.4. The third-order valence-corrected chi connectivity index (χ3v) is 5.20. The van der Waals surface area contributed by atoms with Crippen molar-refractivity contribution in [1.29, 1.82) is 0 Å². The number of carbonyl (C=O) groups excluding carboxylic acids is 4. The molecule has 0 spiro atoms. The number of amides is 1. The van der Waals surface area contributed by atoms with Crippen LogP contribution in [0.5, 0.6) is 0 Å². The van der Waals surface area contributed by atoms with E-state index in [1.165, 1.54) is 18.2 Å². The van der Waals surface area contributed by atoms with E-state index in [0.29, 0.717) is 58.0 Å². The fourth-order valence-corrected chi connectivity index (χ4v) is 3.71. The molecule has 0 fully saturated rings. The minimum Gasteiger partial charge on any atom is -0.462 e. The Balaban J connectivity index is 0.000000358. The predicted molar refractivity (Wildman–Crippen MR) is 174 cm³/mol. The second-order valence-electron chi connectivity index (χ2n) is 10.4. The van der Waals surface area contributed by atoms with Crippen molar-refractivity contribution >= 4 is 47.2 Å². The van der Waals surface area contributed by atoms with E-state index in [1.807, 2.05) is 0 Å². The molecule has 0 unspecified atom stereocenters. The van der Waals surface area contributed by atoms with Gasteiger partial charge in [-0.05, 0) is 98.7 Å². The van der Waals surface area contributed by atoms with E-state index in [9.17, 15) is 19.2 Å². The largest absolute Gasteiger partial charge is 0.462 e. The fourth-order valence-electron chi connectivity index (χ4n) is 3.46. The first kappa shape index (κ1) is 39.2. The van der Waals surface area contributed by atoms with Crippen LogP contribution in [0.4, 0.5) is 16.4 Å². The number of nitrogens with one attached hydrogen (secondary N) is 1. The van der Waals surface area contributed by atoms with Gasteiger partial charge in [0.05, 0.1) is 36.5 Å². The third-order valence-electron chi connectivity index (χ3n) is 5.01. The van der Waals surface area contributed by atoms with Gasteiger partial charge in [0.15, 0.2) is 0 Å². The molecule has 13 nitrogen and oxygen atoms in total. The van der Waals surface area contributed by atoms with Gasteiger partial charge in [0.2, 0.25) is 0 Å². The van der Waals surface area contributed by atoms with Crippen molar-refractivity contribution in [3.63, 3.8) is 0 Å². The highest BCUT2D eigenvalue weighted by molar-refractivity contribution is 6.29. The van der Waals surface area contributed by atoms with Crippen molar-refractivity contribution < 1.29 is 38.1 Å². The van der Waals surface area contributed by atoms with Gasteiger partial charge in [0.25, 0.3) is 0 Å². The SMILES string of the molecule is CCOC(=O)c1cc(C)nc(Cl)c1.CCOC(=O)c1cc(C)nc(N)c1.CCOC(=O)c1cc(C)nc(NC(=O)OC(C)(C)C)c1. The zero-order valence-corrected chi connectivity index (χ0v) is 28.4. The van der Waals surface area contributed by atoms with Gasteiger partial charge in [-0.25, -0.2) is 34.1 Å². The molecular formula is C32H42ClN5O8. The standard InChI is InChI=1S/C14H20N2O4.C9H10ClNO2.C9H12N2O2/c1-6-19-12(17)10-7-9(2)15-11(8-10)16-13(18)20-14(3,4)5;2*1-3-13-9(12)7-4-6(2)11-8(10)5-7/h7-8H,6H2,1-5H3,(H,15,16,18);4-5H,3H2,1-2H3;4-5H,3H2,1-2H3,(H2,10,11). The summed E-state index contributed by atoms with van der Waals surface area (Å²) < 4.78 is 19.7. The molecule has 0 bridgehead atoms. The maximum absolute atomic E-state index is 11.7. The Morgan fingerprint density at radius 2 is 1.11 bits per heavy atom. The molecule has 1 amide bonds. The number of anilines is 2. The minimum atomic E-state index is -0.620. The number of carbonyl (C=O) groups is 4. The number of hydrogen-bond acceptors (Lipinski definition) is 12. The van der Waals surface area contributed by atoms with E-state index in [-0.39, 0.29) is 24.4 Å². The number of esters is 3. The molecule has 0 radical (unpaired) electrons. The summed E-state index contributed by atoms with van der Waals surface area (Å²) in [6.45, 7) is 16.8. The van der Waals surface area contributed by atoms with Crippen LogP contribution >= 0.6 is 11.6 Å². The lowest BCUT2D eigenvalue weighted by atomic mass is 10.2. The van der Waals surface area contributed by atoms with Crippen molar-refractivity contribution in [2.45, 2.75) is 67.9 Å². The van der Waals surface area contributed by atoms with E-state index in [4.69, 9.17) is 36.3 Å². The quantitative estimate of drug-likeness (QED) is 0.165. The normalized spacial score (nSPS) is 10.2. The van der Waals surface area contributed by atoms with Crippen LogP contribution in [0.2, 0.25) is 5.15 Å². The van der Waals surface area contributed by atoms with Gasteiger partial charge < -0.3 is 24.7 Å².